The number of ether oxygens (including phenoxy) is 1. The van der Waals surface area contributed by atoms with Crippen molar-refractivity contribution in [2.45, 2.75) is 25.8 Å². The zero-order chi connectivity index (χ0) is 16.1. The number of carbonyl (C=O) groups excluding carboxylic acids is 1. The molecule has 1 saturated heterocycles. The number of hydrogen-bond acceptors (Lipinski definition) is 4. The monoisotopic (exact) mass is 306 g/mol. The van der Waals surface area contributed by atoms with Gasteiger partial charge in [-0.15, -0.1) is 0 Å². The highest BCUT2D eigenvalue weighted by molar-refractivity contribution is 5.94. The number of benzene rings is 1. The van der Waals surface area contributed by atoms with Crippen molar-refractivity contribution in [2.75, 3.05) is 25.5 Å². The largest absolute Gasteiger partial charge is 0.497 e. The van der Waals surface area contributed by atoms with Gasteiger partial charge >= 0.3 is 5.97 Å². The minimum atomic E-state index is -0.784. The quantitative estimate of drug-likeness (QED) is 0.838. The first-order chi connectivity index (χ1) is 10.5. The summed E-state index contributed by atoms with van der Waals surface area (Å²) in [6.07, 6.45) is 1.25. The van der Waals surface area contributed by atoms with E-state index < -0.39 is 5.97 Å². The van der Waals surface area contributed by atoms with E-state index in [9.17, 15) is 9.59 Å². The highest BCUT2D eigenvalue weighted by Gasteiger charge is 2.34. The number of aliphatic carboxylic acids is 1. The predicted octanol–water partition coefficient (Wildman–Crippen LogP) is 1.82. The molecule has 6 heteroatoms. The molecule has 0 aliphatic carbocycles. The zero-order valence-electron chi connectivity index (χ0n) is 12.9. The van der Waals surface area contributed by atoms with Gasteiger partial charge in [0, 0.05) is 12.2 Å². The lowest BCUT2D eigenvalue weighted by Gasteiger charge is -2.25. The van der Waals surface area contributed by atoms with Crippen molar-refractivity contribution in [1.29, 1.82) is 0 Å². The van der Waals surface area contributed by atoms with Crippen LogP contribution in [0.5, 0.6) is 5.75 Å². The van der Waals surface area contributed by atoms with Crippen LogP contribution in [0.25, 0.3) is 0 Å². The molecule has 0 bridgehead atoms. The van der Waals surface area contributed by atoms with Gasteiger partial charge in [0.25, 0.3) is 0 Å². The van der Waals surface area contributed by atoms with Crippen LogP contribution < -0.4 is 10.1 Å². The number of carbonyl (C=O) groups is 2. The minimum Gasteiger partial charge on any atom is -0.497 e. The Hall–Kier alpha value is -2.08. The summed E-state index contributed by atoms with van der Waals surface area (Å²) in [6, 6.07) is 6.84. The minimum absolute atomic E-state index is 0.0984. The number of likely N-dealkylation sites (tertiary alicyclic amines) is 1. The van der Waals surface area contributed by atoms with Crippen LogP contribution in [0, 0.1) is 5.92 Å². The van der Waals surface area contributed by atoms with Crippen LogP contribution in [0.2, 0.25) is 0 Å². The molecule has 22 heavy (non-hydrogen) atoms. The van der Waals surface area contributed by atoms with Gasteiger partial charge in [0.1, 0.15) is 5.75 Å². The second kappa shape index (κ2) is 7.26. The average Bonchev–Trinajstić information content (AvgIpc) is 2.98. The first kappa shape index (κ1) is 16.3. The van der Waals surface area contributed by atoms with Gasteiger partial charge in [-0.05, 0) is 43.7 Å². The molecule has 2 N–H and O–H groups in total. The molecule has 0 saturated carbocycles. The molecule has 0 radical (unpaired) electrons. The summed E-state index contributed by atoms with van der Waals surface area (Å²) in [4.78, 5) is 25.4. The van der Waals surface area contributed by atoms with E-state index in [1.54, 1.807) is 31.4 Å². The van der Waals surface area contributed by atoms with Crippen molar-refractivity contribution in [3.8, 4) is 5.75 Å². The topological polar surface area (TPSA) is 78.9 Å². The van der Waals surface area contributed by atoms with Crippen molar-refractivity contribution in [2.24, 2.45) is 5.92 Å². The standard InChI is InChI=1S/C16H22N2O4/c1-3-14(18-9-8-11(10-18)16(20)21)15(19)17-12-4-6-13(22-2)7-5-12/h4-7,11,14H,3,8-10H2,1-2H3,(H,17,19)(H,20,21). The second-order valence-corrected chi connectivity index (χ2v) is 5.46. The van der Waals surface area contributed by atoms with Gasteiger partial charge < -0.3 is 15.2 Å². The van der Waals surface area contributed by atoms with Gasteiger partial charge in [-0.25, -0.2) is 0 Å². The van der Waals surface area contributed by atoms with Gasteiger partial charge in [-0.2, -0.15) is 0 Å². The molecule has 1 heterocycles. The van der Waals surface area contributed by atoms with Crippen molar-refractivity contribution in [1.82, 2.24) is 4.90 Å². The molecule has 6 nitrogen and oxygen atoms in total. The molecule has 2 unspecified atom stereocenters. The SMILES string of the molecule is CCC(C(=O)Nc1ccc(OC)cc1)N1CCC(C(=O)O)C1. The fraction of sp³-hybridized carbons (Fsp3) is 0.500. The highest BCUT2D eigenvalue weighted by atomic mass is 16.5. The van der Waals surface area contributed by atoms with E-state index in [-0.39, 0.29) is 17.9 Å². The number of nitrogens with zero attached hydrogens (tertiary/aromatic N) is 1. The summed E-state index contributed by atoms with van der Waals surface area (Å²) in [6.45, 7) is 3.02. The van der Waals surface area contributed by atoms with Crippen LogP contribution in [0.3, 0.4) is 0 Å². The zero-order valence-corrected chi connectivity index (χ0v) is 12.9. The van der Waals surface area contributed by atoms with Gasteiger partial charge in [0.15, 0.2) is 0 Å². The number of amides is 1. The lowest BCUT2D eigenvalue weighted by molar-refractivity contribution is -0.141. The number of hydrogen-bond donors (Lipinski definition) is 2. The van der Waals surface area contributed by atoms with E-state index in [0.29, 0.717) is 31.6 Å². The summed E-state index contributed by atoms with van der Waals surface area (Å²) in [5, 5.41) is 12.0. The Labute approximate surface area is 130 Å². The number of anilines is 1. The van der Waals surface area contributed by atoms with Crippen molar-refractivity contribution >= 4 is 17.6 Å². The van der Waals surface area contributed by atoms with Crippen molar-refractivity contribution < 1.29 is 19.4 Å². The number of methoxy groups -OCH3 is 1. The number of nitrogens with one attached hydrogen (secondary N) is 1. The molecular formula is C16H22N2O4. The summed E-state index contributed by atoms with van der Waals surface area (Å²) < 4.78 is 5.08. The predicted molar refractivity (Wildman–Crippen MR) is 83.0 cm³/mol. The van der Waals surface area contributed by atoms with E-state index in [4.69, 9.17) is 9.84 Å². The summed E-state index contributed by atoms with van der Waals surface area (Å²) in [5.74, 6) is -0.525. The maximum atomic E-state index is 12.4. The van der Waals surface area contributed by atoms with Gasteiger partial charge in [-0.1, -0.05) is 6.92 Å². The summed E-state index contributed by atoms with van der Waals surface area (Å²) >= 11 is 0. The Balaban J connectivity index is 1.98. The summed E-state index contributed by atoms with van der Waals surface area (Å²) in [5.41, 5.74) is 0.707. The Morgan fingerprint density at radius 1 is 1.41 bits per heavy atom. The first-order valence-corrected chi connectivity index (χ1v) is 7.47. The molecule has 1 aliphatic rings. The lowest BCUT2D eigenvalue weighted by Crippen LogP contribution is -2.42. The molecule has 1 amide bonds. The first-order valence-electron chi connectivity index (χ1n) is 7.47. The average molecular weight is 306 g/mol. The fourth-order valence-electron chi connectivity index (χ4n) is 2.78. The molecule has 120 valence electrons. The smallest absolute Gasteiger partial charge is 0.307 e. The molecule has 1 fully saturated rings. The lowest BCUT2D eigenvalue weighted by atomic mass is 10.1. The number of carboxylic acids is 1. The molecule has 1 aromatic carbocycles. The fourth-order valence-corrected chi connectivity index (χ4v) is 2.78. The Morgan fingerprint density at radius 3 is 2.59 bits per heavy atom. The maximum Gasteiger partial charge on any atom is 0.307 e. The van der Waals surface area contributed by atoms with E-state index in [0.717, 1.165) is 5.75 Å². The van der Waals surface area contributed by atoms with Crippen LogP contribution in [-0.4, -0.2) is 48.1 Å². The summed E-state index contributed by atoms with van der Waals surface area (Å²) in [7, 11) is 1.59. The maximum absolute atomic E-state index is 12.4. The van der Waals surface area contributed by atoms with E-state index >= 15 is 0 Å². The van der Waals surface area contributed by atoms with Crippen molar-refractivity contribution in [3.63, 3.8) is 0 Å². The van der Waals surface area contributed by atoms with E-state index in [1.165, 1.54) is 0 Å². The third-order valence-electron chi connectivity index (χ3n) is 4.06. The molecule has 0 spiro atoms. The molecule has 0 aromatic heterocycles. The Bertz CT molecular complexity index is 529. The molecule has 1 aromatic rings. The third-order valence-corrected chi connectivity index (χ3v) is 4.06. The van der Waals surface area contributed by atoms with Crippen molar-refractivity contribution in [3.05, 3.63) is 24.3 Å². The van der Waals surface area contributed by atoms with Gasteiger partial charge in [0.2, 0.25) is 5.91 Å². The van der Waals surface area contributed by atoms with Crippen LogP contribution in [-0.2, 0) is 9.59 Å². The Morgan fingerprint density at radius 2 is 2.09 bits per heavy atom. The van der Waals surface area contributed by atoms with Gasteiger partial charge in [-0.3, -0.25) is 14.5 Å². The van der Waals surface area contributed by atoms with Crippen LogP contribution >= 0.6 is 0 Å². The molecular weight excluding hydrogens is 284 g/mol. The highest BCUT2D eigenvalue weighted by Crippen LogP contribution is 2.22. The van der Waals surface area contributed by atoms with Crippen LogP contribution in [0.1, 0.15) is 19.8 Å². The van der Waals surface area contributed by atoms with E-state index in [2.05, 4.69) is 5.32 Å². The number of rotatable bonds is 6. The molecule has 1 aliphatic heterocycles. The molecule has 2 atom stereocenters. The number of carboxylic acid groups (broad SMARTS) is 1. The Kier molecular flexibility index (Phi) is 5.38. The van der Waals surface area contributed by atoms with E-state index in [1.807, 2.05) is 11.8 Å². The normalized spacial score (nSPS) is 19.6. The second-order valence-electron chi connectivity index (χ2n) is 5.46. The van der Waals surface area contributed by atoms with Gasteiger partial charge in [0.05, 0.1) is 19.1 Å². The molecule has 2 rings (SSSR count). The van der Waals surface area contributed by atoms with Crippen LogP contribution in [0.4, 0.5) is 5.69 Å². The van der Waals surface area contributed by atoms with Crippen LogP contribution in [0.15, 0.2) is 24.3 Å². The third kappa shape index (κ3) is 3.76.